The number of rotatable bonds is 3. The Hall–Kier alpha value is -2.00. The number of amides is 1. The van der Waals surface area contributed by atoms with Crippen LogP contribution >= 0.6 is 11.6 Å². The number of anilines is 1. The average molecular weight is 289 g/mol. The molecule has 1 atom stereocenters. The highest BCUT2D eigenvalue weighted by molar-refractivity contribution is 6.31. The van der Waals surface area contributed by atoms with Gasteiger partial charge in [0.2, 0.25) is 0 Å². The van der Waals surface area contributed by atoms with Crippen LogP contribution in [-0.2, 0) is 0 Å². The van der Waals surface area contributed by atoms with Crippen LogP contribution in [-0.4, -0.2) is 5.91 Å². The van der Waals surface area contributed by atoms with Crippen LogP contribution in [0.2, 0.25) is 5.02 Å². The van der Waals surface area contributed by atoms with Crippen molar-refractivity contribution in [3.8, 4) is 0 Å². The summed E-state index contributed by atoms with van der Waals surface area (Å²) in [5, 5.41) is 3.52. The summed E-state index contributed by atoms with van der Waals surface area (Å²) >= 11 is 5.94. The van der Waals surface area contributed by atoms with Crippen molar-refractivity contribution >= 4 is 23.2 Å². The zero-order valence-electron chi connectivity index (χ0n) is 11.5. The van der Waals surface area contributed by atoms with Crippen LogP contribution < -0.4 is 11.1 Å². The third kappa shape index (κ3) is 3.31. The quantitative estimate of drug-likeness (QED) is 0.846. The van der Waals surface area contributed by atoms with E-state index in [9.17, 15) is 4.79 Å². The number of carbonyl (C=O) groups is 1. The first kappa shape index (κ1) is 14.4. The lowest BCUT2D eigenvalue weighted by Gasteiger charge is -2.15. The molecule has 3 nitrogen and oxygen atoms in total. The van der Waals surface area contributed by atoms with Gasteiger partial charge in [-0.25, -0.2) is 0 Å². The van der Waals surface area contributed by atoms with Crippen molar-refractivity contribution < 1.29 is 4.79 Å². The average Bonchev–Trinajstić information content (AvgIpc) is 2.42. The molecule has 0 spiro atoms. The predicted octanol–water partition coefficient (Wildman–Crippen LogP) is 3.72. The van der Waals surface area contributed by atoms with E-state index < -0.39 is 0 Å². The summed E-state index contributed by atoms with van der Waals surface area (Å²) in [6.45, 7) is 3.82. The monoisotopic (exact) mass is 288 g/mol. The van der Waals surface area contributed by atoms with Crippen molar-refractivity contribution in [2.24, 2.45) is 0 Å². The van der Waals surface area contributed by atoms with Crippen molar-refractivity contribution in [2.45, 2.75) is 19.9 Å². The van der Waals surface area contributed by atoms with Gasteiger partial charge in [-0.2, -0.15) is 0 Å². The van der Waals surface area contributed by atoms with Gasteiger partial charge in [-0.15, -0.1) is 0 Å². The van der Waals surface area contributed by atoms with Crippen LogP contribution in [0.15, 0.2) is 42.5 Å². The van der Waals surface area contributed by atoms with Gasteiger partial charge in [0.15, 0.2) is 0 Å². The molecule has 0 aromatic heterocycles. The van der Waals surface area contributed by atoms with Crippen LogP contribution in [0.5, 0.6) is 0 Å². The number of hydrogen-bond donors (Lipinski definition) is 2. The molecule has 2 rings (SSSR count). The number of nitrogen functional groups attached to an aromatic ring is 1. The molecule has 0 radical (unpaired) electrons. The summed E-state index contributed by atoms with van der Waals surface area (Å²) in [6, 6.07) is 12.7. The van der Waals surface area contributed by atoms with Crippen LogP contribution in [0.3, 0.4) is 0 Å². The number of nitrogens with one attached hydrogen (secondary N) is 1. The maximum absolute atomic E-state index is 12.3. The summed E-state index contributed by atoms with van der Waals surface area (Å²) in [4.78, 5) is 12.3. The smallest absolute Gasteiger partial charge is 0.252 e. The first-order valence-electron chi connectivity index (χ1n) is 6.40. The topological polar surface area (TPSA) is 55.1 Å². The first-order chi connectivity index (χ1) is 9.47. The Morgan fingerprint density at radius 1 is 1.20 bits per heavy atom. The third-order valence-electron chi connectivity index (χ3n) is 3.23. The molecule has 1 unspecified atom stereocenters. The number of carbonyl (C=O) groups excluding carboxylic acids is 1. The summed E-state index contributed by atoms with van der Waals surface area (Å²) in [5.74, 6) is -0.130. The van der Waals surface area contributed by atoms with E-state index in [1.54, 1.807) is 12.1 Å². The zero-order chi connectivity index (χ0) is 14.7. The molecule has 0 aliphatic carbocycles. The number of hydrogen-bond acceptors (Lipinski definition) is 2. The van der Waals surface area contributed by atoms with Crippen molar-refractivity contribution in [2.75, 3.05) is 5.73 Å². The Labute approximate surface area is 123 Å². The van der Waals surface area contributed by atoms with Crippen LogP contribution in [0, 0.1) is 6.92 Å². The maximum Gasteiger partial charge on any atom is 0.252 e. The first-order valence-corrected chi connectivity index (χ1v) is 6.77. The fourth-order valence-corrected chi connectivity index (χ4v) is 2.15. The van der Waals surface area contributed by atoms with E-state index in [1.807, 2.05) is 44.2 Å². The molecule has 1 amide bonds. The number of benzene rings is 2. The molecule has 2 aromatic rings. The summed E-state index contributed by atoms with van der Waals surface area (Å²) in [6.07, 6.45) is 0. The minimum absolute atomic E-state index is 0.0959. The molecular weight excluding hydrogens is 272 g/mol. The minimum Gasteiger partial charge on any atom is -0.399 e. The Kier molecular flexibility index (Phi) is 4.30. The Morgan fingerprint density at radius 2 is 1.85 bits per heavy atom. The van der Waals surface area contributed by atoms with Gasteiger partial charge < -0.3 is 11.1 Å². The second-order valence-electron chi connectivity index (χ2n) is 4.82. The van der Waals surface area contributed by atoms with E-state index in [0.29, 0.717) is 16.3 Å². The van der Waals surface area contributed by atoms with Crippen molar-refractivity contribution in [3.05, 3.63) is 64.2 Å². The van der Waals surface area contributed by atoms with Crippen molar-refractivity contribution in [3.63, 3.8) is 0 Å². The third-order valence-corrected chi connectivity index (χ3v) is 3.46. The zero-order valence-corrected chi connectivity index (χ0v) is 12.2. The molecule has 0 saturated carbocycles. The highest BCUT2D eigenvalue weighted by atomic mass is 35.5. The normalized spacial score (nSPS) is 11.9. The number of halogens is 1. The molecule has 2 aromatic carbocycles. The van der Waals surface area contributed by atoms with Gasteiger partial charge in [0.25, 0.3) is 5.91 Å². The molecule has 0 saturated heterocycles. The number of aryl methyl sites for hydroxylation is 1. The van der Waals surface area contributed by atoms with Gasteiger partial charge >= 0.3 is 0 Å². The van der Waals surface area contributed by atoms with E-state index in [4.69, 9.17) is 17.3 Å². The Balaban J connectivity index is 2.15. The van der Waals surface area contributed by atoms with Gasteiger partial charge in [-0.3, -0.25) is 4.79 Å². The second-order valence-corrected chi connectivity index (χ2v) is 5.26. The molecule has 0 bridgehead atoms. The molecule has 0 aliphatic rings. The number of nitrogens with two attached hydrogens (primary N) is 1. The van der Waals surface area contributed by atoms with Crippen LogP contribution in [0.4, 0.5) is 5.69 Å². The highest BCUT2D eigenvalue weighted by Crippen LogP contribution is 2.18. The fraction of sp³-hybridized carbons (Fsp3) is 0.188. The molecular formula is C16H17ClN2O. The SMILES string of the molecule is Cc1ccc(Cl)cc1C(=O)NC(C)c1ccc(N)cc1. The van der Waals surface area contributed by atoms with Gasteiger partial charge in [0.1, 0.15) is 0 Å². The van der Waals surface area contributed by atoms with Gasteiger partial charge in [0.05, 0.1) is 6.04 Å². The molecule has 104 valence electrons. The summed E-state index contributed by atoms with van der Waals surface area (Å²) in [7, 11) is 0. The largest absolute Gasteiger partial charge is 0.399 e. The van der Waals surface area contributed by atoms with Crippen molar-refractivity contribution in [1.29, 1.82) is 0 Å². The van der Waals surface area contributed by atoms with E-state index >= 15 is 0 Å². The molecule has 4 heteroatoms. The lowest BCUT2D eigenvalue weighted by atomic mass is 10.1. The molecule has 0 fully saturated rings. The molecule has 0 heterocycles. The highest BCUT2D eigenvalue weighted by Gasteiger charge is 2.13. The predicted molar refractivity (Wildman–Crippen MR) is 82.9 cm³/mol. The molecule has 3 N–H and O–H groups in total. The van der Waals surface area contributed by atoms with Crippen LogP contribution in [0.25, 0.3) is 0 Å². The van der Waals surface area contributed by atoms with Gasteiger partial charge in [-0.05, 0) is 49.2 Å². The van der Waals surface area contributed by atoms with Crippen molar-refractivity contribution in [1.82, 2.24) is 5.32 Å². The van der Waals surface area contributed by atoms with Crippen LogP contribution in [0.1, 0.15) is 34.5 Å². The van der Waals surface area contributed by atoms with Gasteiger partial charge in [0, 0.05) is 16.3 Å². The van der Waals surface area contributed by atoms with E-state index in [2.05, 4.69) is 5.32 Å². The summed E-state index contributed by atoms with van der Waals surface area (Å²) < 4.78 is 0. The van der Waals surface area contributed by atoms with E-state index in [0.717, 1.165) is 11.1 Å². The van der Waals surface area contributed by atoms with E-state index in [1.165, 1.54) is 0 Å². The standard InChI is InChI=1S/C16H17ClN2O/c1-10-3-6-13(17)9-15(10)16(20)19-11(2)12-4-7-14(18)8-5-12/h3-9,11H,18H2,1-2H3,(H,19,20). The molecule has 0 aliphatic heterocycles. The second kappa shape index (κ2) is 5.97. The Bertz CT molecular complexity index is 623. The van der Waals surface area contributed by atoms with E-state index in [-0.39, 0.29) is 11.9 Å². The lowest BCUT2D eigenvalue weighted by Crippen LogP contribution is -2.27. The summed E-state index contributed by atoms with van der Waals surface area (Å²) in [5.41, 5.74) is 8.86. The van der Waals surface area contributed by atoms with Gasteiger partial charge in [-0.1, -0.05) is 29.8 Å². The fourth-order valence-electron chi connectivity index (χ4n) is 1.98. The Morgan fingerprint density at radius 3 is 2.50 bits per heavy atom. The maximum atomic E-state index is 12.3. The lowest BCUT2D eigenvalue weighted by molar-refractivity contribution is 0.0939. The molecule has 20 heavy (non-hydrogen) atoms. The minimum atomic E-state index is -0.130.